The third kappa shape index (κ3) is 3.27. The van der Waals surface area contributed by atoms with Crippen LogP contribution in [-0.4, -0.2) is 13.1 Å². The van der Waals surface area contributed by atoms with Crippen LogP contribution in [0.15, 0.2) is 18.2 Å². The maximum absolute atomic E-state index is 12.5. The van der Waals surface area contributed by atoms with E-state index >= 15 is 0 Å². The quantitative estimate of drug-likeness (QED) is 0.826. The zero-order chi connectivity index (χ0) is 11.8. The summed E-state index contributed by atoms with van der Waals surface area (Å²) in [6, 6.07) is 3.52. The highest BCUT2D eigenvalue weighted by molar-refractivity contribution is 6.31. The monoisotopic (exact) mass is 285 g/mol. The van der Waals surface area contributed by atoms with Crippen molar-refractivity contribution in [2.75, 3.05) is 13.1 Å². The second-order valence-electron chi connectivity index (χ2n) is 3.92. The molecular weight excluding hydrogens is 274 g/mol. The Bertz CT molecular complexity index is 387. The lowest BCUT2D eigenvalue weighted by Gasteiger charge is -2.14. The highest BCUT2D eigenvalue weighted by atomic mass is 35.5. The fourth-order valence-corrected chi connectivity index (χ4v) is 2.22. The molecule has 0 saturated carbocycles. The molecule has 96 valence electrons. The van der Waals surface area contributed by atoms with Crippen LogP contribution in [0.4, 0.5) is 13.2 Å². The van der Waals surface area contributed by atoms with Crippen LogP contribution in [0.3, 0.4) is 0 Å². The molecule has 1 N–H and O–H groups in total. The van der Waals surface area contributed by atoms with Gasteiger partial charge in [-0.15, -0.1) is 12.4 Å². The minimum atomic E-state index is -4.30. The third-order valence-corrected chi connectivity index (χ3v) is 3.17. The molecule has 1 atom stereocenters. The van der Waals surface area contributed by atoms with Crippen LogP contribution in [0.5, 0.6) is 0 Å². The number of rotatable bonds is 1. The first-order valence-electron chi connectivity index (χ1n) is 5.06. The van der Waals surface area contributed by atoms with E-state index in [9.17, 15) is 13.2 Å². The summed E-state index contributed by atoms with van der Waals surface area (Å²) in [6.07, 6.45) is -3.47. The molecule has 0 bridgehead atoms. The summed E-state index contributed by atoms with van der Waals surface area (Å²) in [5.41, 5.74) is -0.0275. The molecule has 6 heteroatoms. The van der Waals surface area contributed by atoms with E-state index in [0.29, 0.717) is 17.1 Å². The van der Waals surface area contributed by atoms with Gasteiger partial charge in [0, 0.05) is 11.6 Å². The predicted octanol–water partition coefficient (Wildman–Crippen LogP) is 3.86. The van der Waals surface area contributed by atoms with Crippen molar-refractivity contribution in [3.05, 3.63) is 34.3 Å². The number of hydrogen-bond donors (Lipinski definition) is 1. The summed E-state index contributed by atoms with van der Waals surface area (Å²) in [5, 5.41) is 3.53. The molecule has 2 rings (SSSR count). The van der Waals surface area contributed by atoms with Gasteiger partial charge in [0.15, 0.2) is 0 Å². The molecule has 0 aromatic heterocycles. The van der Waals surface area contributed by atoms with Crippen LogP contribution in [-0.2, 0) is 6.18 Å². The van der Waals surface area contributed by atoms with Gasteiger partial charge in [0.05, 0.1) is 5.56 Å². The molecule has 0 spiro atoms. The van der Waals surface area contributed by atoms with E-state index < -0.39 is 11.7 Å². The van der Waals surface area contributed by atoms with E-state index in [0.717, 1.165) is 19.0 Å². The lowest BCUT2D eigenvalue weighted by atomic mass is 9.96. The second kappa shape index (κ2) is 5.46. The summed E-state index contributed by atoms with van der Waals surface area (Å²) < 4.78 is 37.6. The Balaban J connectivity index is 0.00000144. The van der Waals surface area contributed by atoms with E-state index in [1.165, 1.54) is 12.1 Å². The van der Waals surface area contributed by atoms with Gasteiger partial charge in [0.1, 0.15) is 0 Å². The number of benzene rings is 1. The zero-order valence-corrected chi connectivity index (χ0v) is 10.4. The summed E-state index contributed by atoms with van der Waals surface area (Å²) >= 11 is 5.93. The Labute approximate surface area is 109 Å². The smallest absolute Gasteiger partial charge is 0.316 e. The van der Waals surface area contributed by atoms with Crippen LogP contribution in [0.2, 0.25) is 5.02 Å². The Morgan fingerprint density at radius 3 is 2.53 bits per heavy atom. The van der Waals surface area contributed by atoms with Crippen molar-refractivity contribution in [1.82, 2.24) is 5.32 Å². The third-order valence-electron chi connectivity index (χ3n) is 2.82. The van der Waals surface area contributed by atoms with Gasteiger partial charge in [-0.3, -0.25) is 0 Å². The van der Waals surface area contributed by atoms with E-state index in [4.69, 9.17) is 11.6 Å². The van der Waals surface area contributed by atoms with Crippen LogP contribution in [0, 0.1) is 0 Å². The molecule has 0 radical (unpaired) electrons. The Morgan fingerprint density at radius 1 is 1.29 bits per heavy atom. The topological polar surface area (TPSA) is 12.0 Å². The summed E-state index contributed by atoms with van der Waals surface area (Å²) in [4.78, 5) is 0. The van der Waals surface area contributed by atoms with Gasteiger partial charge in [-0.25, -0.2) is 0 Å². The van der Waals surface area contributed by atoms with Gasteiger partial charge < -0.3 is 5.32 Å². The van der Waals surface area contributed by atoms with Crippen molar-refractivity contribution >= 4 is 24.0 Å². The lowest BCUT2D eigenvalue weighted by Crippen LogP contribution is -2.10. The molecule has 1 nitrogen and oxygen atoms in total. The van der Waals surface area contributed by atoms with Crippen LogP contribution in [0.1, 0.15) is 23.5 Å². The maximum atomic E-state index is 12.5. The highest BCUT2D eigenvalue weighted by Gasteiger charge is 2.32. The molecule has 1 unspecified atom stereocenters. The van der Waals surface area contributed by atoms with Gasteiger partial charge in [-0.1, -0.05) is 11.6 Å². The Hall–Kier alpha value is -0.450. The molecule has 1 aliphatic heterocycles. The average Bonchev–Trinajstić information content (AvgIpc) is 2.69. The fourth-order valence-electron chi connectivity index (χ4n) is 1.95. The molecule has 1 aromatic carbocycles. The molecule has 1 saturated heterocycles. The predicted molar refractivity (Wildman–Crippen MR) is 63.9 cm³/mol. The first kappa shape index (κ1) is 14.6. The molecule has 17 heavy (non-hydrogen) atoms. The van der Waals surface area contributed by atoms with E-state index in [-0.39, 0.29) is 18.3 Å². The number of halogens is 5. The number of alkyl halides is 3. The SMILES string of the molecule is Cl.FC(F)(F)c1ccc(Cl)c(C2CCNC2)c1. The Morgan fingerprint density at radius 2 is 2.00 bits per heavy atom. The van der Waals surface area contributed by atoms with Crippen molar-refractivity contribution < 1.29 is 13.2 Å². The highest BCUT2D eigenvalue weighted by Crippen LogP contribution is 2.35. The first-order chi connectivity index (χ1) is 7.48. The number of hydrogen-bond acceptors (Lipinski definition) is 1. The van der Waals surface area contributed by atoms with Gasteiger partial charge >= 0.3 is 6.18 Å². The maximum Gasteiger partial charge on any atom is 0.416 e. The molecule has 0 aliphatic carbocycles. The molecule has 1 aliphatic rings. The van der Waals surface area contributed by atoms with Gasteiger partial charge in [0.25, 0.3) is 0 Å². The summed E-state index contributed by atoms with van der Waals surface area (Å²) in [7, 11) is 0. The van der Waals surface area contributed by atoms with Crippen molar-refractivity contribution in [3.8, 4) is 0 Å². The lowest BCUT2D eigenvalue weighted by molar-refractivity contribution is -0.137. The fraction of sp³-hybridized carbons (Fsp3) is 0.455. The average molecular weight is 286 g/mol. The van der Waals surface area contributed by atoms with Crippen molar-refractivity contribution in [2.45, 2.75) is 18.5 Å². The van der Waals surface area contributed by atoms with Crippen LogP contribution >= 0.6 is 24.0 Å². The van der Waals surface area contributed by atoms with E-state index in [2.05, 4.69) is 5.32 Å². The summed E-state index contributed by atoms with van der Waals surface area (Å²) in [5.74, 6) is 0.0924. The minimum Gasteiger partial charge on any atom is -0.316 e. The van der Waals surface area contributed by atoms with Crippen molar-refractivity contribution in [1.29, 1.82) is 0 Å². The molecule has 1 aromatic rings. The van der Waals surface area contributed by atoms with E-state index in [1.54, 1.807) is 0 Å². The first-order valence-corrected chi connectivity index (χ1v) is 5.43. The zero-order valence-electron chi connectivity index (χ0n) is 8.85. The molecule has 1 fully saturated rings. The largest absolute Gasteiger partial charge is 0.416 e. The molecule has 0 amide bonds. The second-order valence-corrected chi connectivity index (χ2v) is 4.33. The van der Waals surface area contributed by atoms with Crippen molar-refractivity contribution in [2.24, 2.45) is 0 Å². The van der Waals surface area contributed by atoms with Gasteiger partial charge in [-0.2, -0.15) is 13.2 Å². The van der Waals surface area contributed by atoms with Crippen molar-refractivity contribution in [3.63, 3.8) is 0 Å². The van der Waals surface area contributed by atoms with E-state index in [1.807, 2.05) is 0 Å². The van der Waals surface area contributed by atoms with Crippen LogP contribution < -0.4 is 5.32 Å². The Kier molecular flexibility index (Phi) is 4.69. The minimum absolute atomic E-state index is 0. The van der Waals surface area contributed by atoms with Gasteiger partial charge in [0.2, 0.25) is 0 Å². The number of nitrogens with one attached hydrogen (secondary N) is 1. The molecule has 1 heterocycles. The van der Waals surface area contributed by atoms with Gasteiger partial charge in [-0.05, 0) is 42.6 Å². The molecular formula is C11H12Cl2F3N. The standard InChI is InChI=1S/C11H11ClF3N.ClH/c12-10-2-1-8(11(13,14)15)5-9(10)7-3-4-16-6-7;/h1-2,5,7,16H,3-4,6H2;1H. The van der Waals surface area contributed by atoms with Crippen LogP contribution in [0.25, 0.3) is 0 Å². The normalized spacial score (nSPS) is 20.1. The summed E-state index contributed by atoms with van der Waals surface area (Å²) in [6.45, 7) is 1.53.